The standard InChI is InChI=1S/C23H37NO2/c1-2-26-23(25)14-9-13-21-15-17-22(18-16-21)24-19-8-7-12-20-10-5-3-4-6-11-20/h15-18,20,24H,2-14,19H2,1H3. The van der Waals surface area contributed by atoms with E-state index in [4.69, 9.17) is 4.74 Å². The molecule has 3 heteroatoms. The SMILES string of the molecule is CCOC(=O)CCCc1ccc(NCCCCC2CCCCCC2)cc1. The highest BCUT2D eigenvalue weighted by Gasteiger charge is 2.11. The number of hydrogen-bond acceptors (Lipinski definition) is 3. The van der Waals surface area contributed by atoms with Crippen molar-refractivity contribution in [2.45, 2.75) is 84.0 Å². The predicted molar refractivity (Wildman–Crippen MR) is 110 cm³/mol. The van der Waals surface area contributed by atoms with Crippen LogP contribution < -0.4 is 5.32 Å². The van der Waals surface area contributed by atoms with Crippen molar-refractivity contribution < 1.29 is 9.53 Å². The molecule has 3 nitrogen and oxygen atoms in total. The number of nitrogens with one attached hydrogen (secondary N) is 1. The van der Waals surface area contributed by atoms with Crippen molar-refractivity contribution in [1.29, 1.82) is 0 Å². The molecule has 0 bridgehead atoms. The lowest BCUT2D eigenvalue weighted by atomic mass is 9.94. The van der Waals surface area contributed by atoms with E-state index in [0.29, 0.717) is 13.0 Å². The number of carbonyl (C=O) groups excluding carboxylic acids is 1. The van der Waals surface area contributed by atoms with E-state index in [1.54, 1.807) is 0 Å². The number of benzene rings is 1. The quantitative estimate of drug-likeness (QED) is 0.294. The van der Waals surface area contributed by atoms with E-state index in [1.807, 2.05) is 6.92 Å². The molecule has 0 radical (unpaired) electrons. The summed E-state index contributed by atoms with van der Waals surface area (Å²) < 4.78 is 4.96. The van der Waals surface area contributed by atoms with E-state index < -0.39 is 0 Å². The summed E-state index contributed by atoms with van der Waals surface area (Å²) in [7, 11) is 0. The highest BCUT2D eigenvalue weighted by molar-refractivity contribution is 5.69. The smallest absolute Gasteiger partial charge is 0.305 e. The van der Waals surface area contributed by atoms with Crippen LogP contribution in [0.2, 0.25) is 0 Å². The van der Waals surface area contributed by atoms with Gasteiger partial charge in [-0.3, -0.25) is 4.79 Å². The lowest BCUT2D eigenvalue weighted by Gasteiger charge is -2.13. The summed E-state index contributed by atoms with van der Waals surface area (Å²) in [6.45, 7) is 3.38. The average Bonchev–Trinajstić information content (AvgIpc) is 2.92. The van der Waals surface area contributed by atoms with Gasteiger partial charge in [-0.15, -0.1) is 0 Å². The third-order valence-electron chi connectivity index (χ3n) is 5.45. The number of anilines is 1. The summed E-state index contributed by atoms with van der Waals surface area (Å²) in [5.41, 5.74) is 2.49. The van der Waals surface area contributed by atoms with E-state index in [1.165, 1.54) is 69.0 Å². The van der Waals surface area contributed by atoms with Crippen LogP contribution in [-0.4, -0.2) is 19.1 Å². The van der Waals surface area contributed by atoms with Gasteiger partial charge in [-0.25, -0.2) is 0 Å². The summed E-state index contributed by atoms with van der Waals surface area (Å²) in [5, 5.41) is 3.54. The Balaban J connectivity index is 1.55. The van der Waals surface area contributed by atoms with E-state index >= 15 is 0 Å². The Bertz CT molecular complexity index is 489. The number of esters is 1. The first-order valence-corrected chi connectivity index (χ1v) is 10.8. The third kappa shape index (κ3) is 8.73. The Hall–Kier alpha value is -1.51. The van der Waals surface area contributed by atoms with Gasteiger partial charge in [-0.2, -0.15) is 0 Å². The molecule has 0 saturated heterocycles. The minimum Gasteiger partial charge on any atom is -0.466 e. The van der Waals surface area contributed by atoms with Crippen molar-refractivity contribution in [3.05, 3.63) is 29.8 Å². The monoisotopic (exact) mass is 359 g/mol. The summed E-state index contributed by atoms with van der Waals surface area (Å²) in [6, 6.07) is 8.65. The van der Waals surface area contributed by atoms with Crippen LogP contribution >= 0.6 is 0 Å². The van der Waals surface area contributed by atoms with Gasteiger partial charge in [0.1, 0.15) is 0 Å². The Kier molecular flexibility index (Phi) is 10.2. The maximum absolute atomic E-state index is 11.3. The van der Waals surface area contributed by atoms with Crippen LogP contribution in [0.25, 0.3) is 0 Å². The van der Waals surface area contributed by atoms with Crippen molar-refractivity contribution in [2.75, 3.05) is 18.5 Å². The van der Waals surface area contributed by atoms with Crippen molar-refractivity contribution in [3.63, 3.8) is 0 Å². The second kappa shape index (κ2) is 12.8. The molecule has 0 amide bonds. The molecule has 26 heavy (non-hydrogen) atoms. The van der Waals surface area contributed by atoms with E-state index in [2.05, 4.69) is 29.6 Å². The zero-order chi connectivity index (χ0) is 18.5. The van der Waals surface area contributed by atoms with Crippen molar-refractivity contribution in [2.24, 2.45) is 5.92 Å². The van der Waals surface area contributed by atoms with Gasteiger partial charge < -0.3 is 10.1 Å². The van der Waals surface area contributed by atoms with Crippen LogP contribution in [0.1, 0.15) is 83.1 Å². The van der Waals surface area contributed by atoms with Crippen LogP contribution in [0.5, 0.6) is 0 Å². The Labute approximate surface area is 159 Å². The first-order chi connectivity index (χ1) is 12.8. The topological polar surface area (TPSA) is 38.3 Å². The highest BCUT2D eigenvalue weighted by atomic mass is 16.5. The van der Waals surface area contributed by atoms with Gasteiger partial charge in [-0.1, -0.05) is 63.5 Å². The fourth-order valence-corrected chi connectivity index (χ4v) is 3.90. The maximum atomic E-state index is 11.3. The molecule has 1 aromatic carbocycles. The Morgan fingerprint density at radius 3 is 2.46 bits per heavy atom. The molecule has 0 unspecified atom stereocenters. The lowest BCUT2D eigenvalue weighted by Crippen LogP contribution is -2.04. The van der Waals surface area contributed by atoms with Crippen LogP contribution in [0, 0.1) is 5.92 Å². The Morgan fingerprint density at radius 2 is 1.77 bits per heavy atom. The van der Waals surface area contributed by atoms with Gasteiger partial charge >= 0.3 is 5.97 Å². The number of hydrogen-bond donors (Lipinski definition) is 1. The first-order valence-electron chi connectivity index (χ1n) is 10.8. The fourth-order valence-electron chi connectivity index (χ4n) is 3.90. The molecule has 0 aliphatic heterocycles. The molecule has 1 aliphatic carbocycles. The molecule has 146 valence electrons. The van der Waals surface area contributed by atoms with E-state index in [-0.39, 0.29) is 5.97 Å². The maximum Gasteiger partial charge on any atom is 0.305 e. The van der Waals surface area contributed by atoms with Crippen molar-refractivity contribution >= 4 is 11.7 Å². The molecule has 0 spiro atoms. The molecule has 1 N–H and O–H groups in total. The van der Waals surface area contributed by atoms with Gasteiger partial charge in [0.25, 0.3) is 0 Å². The summed E-state index contributed by atoms with van der Waals surface area (Å²) in [4.78, 5) is 11.3. The van der Waals surface area contributed by atoms with Crippen LogP contribution in [0.4, 0.5) is 5.69 Å². The predicted octanol–water partition coefficient (Wildman–Crippen LogP) is 6.13. The molecule has 1 saturated carbocycles. The normalized spacial score (nSPS) is 15.4. The summed E-state index contributed by atoms with van der Waals surface area (Å²) >= 11 is 0. The van der Waals surface area contributed by atoms with Crippen LogP contribution in [-0.2, 0) is 16.0 Å². The number of carbonyl (C=O) groups is 1. The second-order valence-electron chi connectivity index (χ2n) is 7.64. The molecule has 0 aromatic heterocycles. The van der Waals surface area contributed by atoms with Crippen LogP contribution in [0.3, 0.4) is 0 Å². The second-order valence-corrected chi connectivity index (χ2v) is 7.64. The zero-order valence-electron chi connectivity index (χ0n) is 16.6. The minimum absolute atomic E-state index is 0.0883. The number of ether oxygens (including phenoxy) is 1. The zero-order valence-corrected chi connectivity index (χ0v) is 16.6. The summed E-state index contributed by atoms with van der Waals surface area (Å²) in [5.74, 6) is 0.904. The number of rotatable bonds is 11. The van der Waals surface area contributed by atoms with E-state index in [0.717, 1.165) is 25.3 Å². The third-order valence-corrected chi connectivity index (χ3v) is 5.45. The molecular weight excluding hydrogens is 322 g/mol. The van der Waals surface area contributed by atoms with Crippen molar-refractivity contribution in [1.82, 2.24) is 0 Å². The Morgan fingerprint density at radius 1 is 1.04 bits per heavy atom. The van der Waals surface area contributed by atoms with Gasteiger partial charge in [0.15, 0.2) is 0 Å². The molecule has 1 fully saturated rings. The summed E-state index contributed by atoms with van der Waals surface area (Å²) in [6.07, 6.45) is 15.1. The van der Waals surface area contributed by atoms with Gasteiger partial charge in [0, 0.05) is 18.7 Å². The first kappa shape index (κ1) is 20.8. The lowest BCUT2D eigenvalue weighted by molar-refractivity contribution is -0.143. The molecular formula is C23H37NO2. The molecule has 1 aromatic rings. The van der Waals surface area contributed by atoms with E-state index in [9.17, 15) is 4.79 Å². The number of unbranched alkanes of at least 4 members (excludes halogenated alkanes) is 1. The fraction of sp³-hybridized carbons (Fsp3) is 0.696. The van der Waals surface area contributed by atoms with Gasteiger partial charge in [0.2, 0.25) is 0 Å². The molecule has 0 heterocycles. The van der Waals surface area contributed by atoms with Gasteiger partial charge in [-0.05, 0) is 49.8 Å². The average molecular weight is 360 g/mol. The number of aryl methyl sites for hydroxylation is 1. The molecule has 0 atom stereocenters. The largest absolute Gasteiger partial charge is 0.466 e. The highest BCUT2D eigenvalue weighted by Crippen LogP contribution is 2.26. The molecule has 2 rings (SSSR count). The minimum atomic E-state index is -0.0883. The van der Waals surface area contributed by atoms with Crippen LogP contribution in [0.15, 0.2) is 24.3 Å². The molecule has 1 aliphatic rings. The van der Waals surface area contributed by atoms with Gasteiger partial charge in [0.05, 0.1) is 6.61 Å². The van der Waals surface area contributed by atoms with Crippen molar-refractivity contribution in [3.8, 4) is 0 Å².